The predicted octanol–water partition coefficient (Wildman–Crippen LogP) is 3.37. The molecule has 0 atom stereocenters. The van der Waals surface area contributed by atoms with Crippen molar-refractivity contribution in [3.05, 3.63) is 54.1 Å². The molecule has 7 heteroatoms. The van der Waals surface area contributed by atoms with Crippen LogP contribution in [0.3, 0.4) is 0 Å². The Kier molecular flexibility index (Phi) is 4.16. The number of nitrogens with zero attached hydrogens (tertiary/aromatic N) is 1. The number of methoxy groups -OCH3 is 1. The minimum Gasteiger partial charge on any atom is -0.496 e. The quantitative estimate of drug-likeness (QED) is 0.762. The average molecular weight is 370 g/mol. The summed E-state index contributed by atoms with van der Waals surface area (Å²) in [7, 11) is -2.28. The van der Waals surface area contributed by atoms with Crippen LogP contribution in [0.1, 0.15) is 12.0 Å². The first kappa shape index (κ1) is 16.7. The lowest BCUT2D eigenvalue weighted by atomic mass is 10.1. The molecule has 0 spiro atoms. The van der Waals surface area contributed by atoms with E-state index in [0.29, 0.717) is 18.1 Å². The summed E-state index contributed by atoms with van der Waals surface area (Å²) in [5.74, 6) is 1.27. The molecule has 0 radical (unpaired) electrons. The summed E-state index contributed by atoms with van der Waals surface area (Å²) in [5, 5.41) is 0.945. The van der Waals surface area contributed by atoms with Crippen LogP contribution in [0.4, 0.5) is 5.82 Å². The van der Waals surface area contributed by atoms with Crippen LogP contribution in [-0.4, -0.2) is 27.1 Å². The van der Waals surface area contributed by atoms with Gasteiger partial charge in [-0.15, -0.1) is 0 Å². The molecule has 6 nitrogen and oxygen atoms in total. The van der Waals surface area contributed by atoms with E-state index in [0.717, 1.165) is 29.3 Å². The van der Waals surface area contributed by atoms with Crippen molar-refractivity contribution in [1.29, 1.82) is 0 Å². The highest BCUT2D eigenvalue weighted by atomic mass is 32.2. The van der Waals surface area contributed by atoms with Crippen LogP contribution in [0.2, 0.25) is 0 Å². The number of hydrogen-bond acceptors (Lipinski definition) is 5. The fourth-order valence-corrected chi connectivity index (χ4v) is 4.30. The van der Waals surface area contributed by atoms with Gasteiger partial charge in [0.25, 0.3) is 10.0 Å². The van der Waals surface area contributed by atoms with Crippen molar-refractivity contribution in [3.63, 3.8) is 0 Å². The minimum absolute atomic E-state index is 0.1000. The number of benzene rings is 2. The largest absolute Gasteiger partial charge is 0.496 e. The standard InChI is InChI=1S/C19H18N2O4S/c1-24-16-9-10-17(19-14(16)6-4-12-25-19)26(22,23)21-18-11-8-13-5-2-3-7-15(13)20-18/h2-3,5,7-11H,4,6,12H2,1H3,(H,20,21). The molecule has 1 aliphatic rings. The van der Waals surface area contributed by atoms with E-state index in [4.69, 9.17) is 9.47 Å². The predicted molar refractivity (Wildman–Crippen MR) is 99.4 cm³/mol. The lowest BCUT2D eigenvalue weighted by molar-refractivity contribution is 0.274. The molecule has 0 fully saturated rings. The number of nitrogens with one attached hydrogen (secondary N) is 1. The Hall–Kier alpha value is -2.80. The second kappa shape index (κ2) is 6.49. The van der Waals surface area contributed by atoms with Crippen molar-refractivity contribution < 1.29 is 17.9 Å². The number of sulfonamides is 1. The summed E-state index contributed by atoms with van der Waals surface area (Å²) in [6.07, 6.45) is 1.54. The Labute approximate surface area is 151 Å². The second-order valence-corrected chi connectivity index (χ2v) is 7.67. The van der Waals surface area contributed by atoms with Crippen LogP contribution < -0.4 is 14.2 Å². The summed E-state index contributed by atoms with van der Waals surface area (Å²) in [6.45, 7) is 0.483. The van der Waals surface area contributed by atoms with E-state index in [-0.39, 0.29) is 10.7 Å². The number of pyridine rings is 1. The molecule has 0 unspecified atom stereocenters. The van der Waals surface area contributed by atoms with E-state index in [1.165, 1.54) is 6.07 Å². The smallest absolute Gasteiger partial charge is 0.266 e. The van der Waals surface area contributed by atoms with Crippen molar-refractivity contribution in [3.8, 4) is 11.5 Å². The highest BCUT2D eigenvalue weighted by molar-refractivity contribution is 7.92. The number of para-hydroxylation sites is 1. The van der Waals surface area contributed by atoms with E-state index in [2.05, 4.69) is 9.71 Å². The SMILES string of the molecule is COc1ccc(S(=O)(=O)Nc2ccc3ccccc3n2)c2c1CCCO2. The maximum atomic E-state index is 12.9. The van der Waals surface area contributed by atoms with E-state index in [1.807, 2.05) is 30.3 Å². The molecule has 3 aromatic rings. The summed E-state index contributed by atoms with van der Waals surface area (Å²) in [6, 6.07) is 14.2. The van der Waals surface area contributed by atoms with Crippen molar-refractivity contribution in [2.24, 2.45) is 0 Å². The molecule has 26 heavy (non-hydrogen) atoms. The van der Waals surface area contributed by atoms with E-state index >= 15 is 0 Å². The molecule has 0 saturated carbocycles. The molecule has 1 aliphatic heterocycles. The molecule has 4 rings (SSSR count). The van der Waals surface area contributed by atoms with Gasteiger partial charge in [-0.05, 0) is 43.2 Å². The number of rotatable bonds is 4. The van der Waals surface area contributed by atoms with Gasteiger partial charge in [0.2, 0.25) is 0 Å². The normalized spacial score (nSPS) is 13.7. The summed E-state index contributed by atoms with van der Waals surface area (Å²) >= 11 is 0. The van der Waals surface area contributed by atoms with Gasteiger partial charge in [0, 0.05) is 10.9 Å². The van der Waals surface area contributed by atoms with Gasteiger partial charge in [0.05, 0.1) is 19.2 Å². The number of ether oxygens (including phenoxy) is 2. The molecular formula is C19H18N2O4S. The highest BCUT2D eigenvalue weighted by Gasteiger charge is 2.27. The third kappa shape index (κ3) is 2.94. The first-order valence-electron chi connectivity index (χ1n) is 8.30. The summed E-state index contributed by atoms with van der Waals surface area (Å²) in [4.78, 5) is 4.48. The third-order valence-electron chi connectivity index (χ3n) is 4.35. The Morgan fingerprint density at radius 3 is 2.81 bits per heavy atom. The molecular weight excluding hydrogens is 352 g/mol. The van der Waals surface area contributed by atoms with E-state index < -0.39 is 10.0 Å². The average Bonchev–Trinajstić information content (AvgIpc) is 2.66. The fourth-order valence-electron chi connectivity index (χ4n) is 3.12. The van der Waals surface area contributed by atoms with Gasteiger partial charge in [0.1, 0.15) is 22.2 Å². The van der Waals surface area contributed by atoms with Gasteiger partial charge < -0.3 is 9.47 Å². The van der Waals surface area contributed by atoms with Crippen LogP contribution in [0.25, 0.3) is 10.9 Å². The Bertz CT molecular complexity index is 1080. The van der Waals surface area contributed by atoms with Crippen LogP contribution >= 0.6 is 0 Å². The number of fused-ring (bicyclic) bond motifs is 2. The number of anilines is 1. The maximum Gasteiger partial charge on any atom is 0.266 e. The lowest BCUT2D eigenvalue weighted by Gasteiger charge is -2.22. The molecule has 0 saturated heterocycles. The van der Waals surface area contributed by atoms with Gasteiger partial charge in [-0.25, -0.2) is 13.4 Å². The zero-order chi connectivity index (χ0) is 18.1. The third-order valence-corrected chi connectivity index (χ3v) is 5.72. The molecule has 2 aromatic carbocycles. The zero-order valence-electron chi connectivity index (χ0n) is 14.2. The number of aromatic nitrogens is 1. The van der Waals surface area contributed by atoms with Crippen molar-refractivity contribution in [1.82, 2.24) is 4.98 Å². The van der Waals surface area contributed by atoms with Gasteiger partial charge in [-0.3, -0.25) is 4.72 Å². The van der Waals surface area contributed by atoms with Crippen molar-refractivity contribution in [2.45, 2.75) is 17.7 Å². The second-order valence-electron chi connectivity index (χ2n) is 6.02. The molecule has 1 N–H and O–H groups in total. The van der Waals surface area contributed by atoms with Gasteiger partial charge >= 0.3 is 0 Å². The maximum absolute atomic E-state index is 12.9. The minimum atomic E-state index is -3.84. The van der Waals surface area contributed by atoms with Gasteiger partial charge in [-0.1, -0.05) is 18.2 Å². The van der Waals surface area contributed by atoms with Crippen molar-refractivity contribution >= 4 is 26.7 Å². The first-order chi connectivity index (χ1) is 12.6. The van der Waals surface area contributed by atoms with E-state index in [1.54, 1.807) is 19.2 Å². The summed E-state index contributed by atoms with van der Waals surface area (Å²) in [5.41, 5.74) is 1.51. The Morgan fingerprint density at radius 2 is 1.96 bits per heavy atom. The van der Waals surface area contributed by atoms with Crippen molar-refractivity contribution in [2.75, 3.05) is 18.4 Å². The topological polar surface area (TPSA) is 77.5 Å². The Balaban J connectivity index is 1.74. The number of hydrogen-bond donors (Lipinski definition) is 1. The van der Waals surface area contributed by atoms with Gasteiger partial charge in [0.15, 0.2) is 0 Å². The first-order valence-corrected chi connectivity index (χ1v) is 9.78. The zero-order valence-corrected chi connectivity index (χ0v) is 15.0. The fraction of sp³-hybridized carbons (Fsp3) is 0.211. The van der Waals surface area contributed by atoms with Crippen LogP contribution in [0.15, 0.2) is 53.4 Å². The van der Waals surface area contributed by atoms with Crippen LogP contribution in [-0.2, 0) is 16.4 Å². The molecule has 2 heterocycles. The monoisotopic (exact) mass is 370 g/mol. The highest BCUT2D eigenvalue weighted by Crippen LogP contribution is 2.38. The lowest BCUT2D eigenvalue weighted by Crippen LogP contribution is -2.18. The van der Waals surface area contributed by atoms with Gasteiger partial charge in [-0.2, -0.15) is 0 Å². The molecule has 1 aromatic heterocycles. The summed E-state index contributed by atoms with van der Waals surface area (Å²) < 4.78 is 39.4. The van der Waals surface area contributed by atoms with E-state index in [9.17, 15) is 8.42 Å². The molecule has 0 bridgehead atoms. The van der Waals surface area contributed by atoms with Crippen LogP contribution in [0, 0.1) is 0 Å². The molecule has 0 aliphatic carbocycles. The Morgan fingerprint density at radius 1 is 1.12 bits per heavy atom. The molecule has 134 valence electrons. The van der Waals surface area contributed by atoms with Crippen LogP contribution in [0.5, 0.6) is 11.5 Å². The molecule has 0 amide bonds.